The Morgan fingerprint density at radius 1 is 1.21 bits per heavy atom. The van der Waals surface area contributed by atoms with Crippen LogP contribution < -0.4 is 0 Å². The highest BCUT2D eigenvalue weighted by atomic mass is 16.5. The number of aromatic nitrogens is 2. The minimum Gasteiger partial charge on any atom is -0.467 e. The van der Waals surface area contributed by atoms with E-state index in [1.54, 1.807) is 24.3 Å². The second-order valence-corrected chi connectivity index (χ2v) is 6.50. The van der Waals surface area contributed by atoms with Gasteiger partial charge in [0.05, 0.1) is 30.8 Å². The van der Waals surface area contributed by atoms with Gasteiger partial charge in [0.25, 0.3) is 0 Å². The molecule has 0 unspecified atom stereocenters. The summed E-state index contributed by atoms with van der Waals surface area (Å²) in [6.45, 7) is 5.30. The molecule has 2 heterocycles. The number of benzene rings is 1. The van der Waals surface area contributed by atoms with E-state index in [0.717, 1.165) is 28.4 Å². The molecule has 1 aromatic carbocycles. The Kier molecular flexibility index (Phi) is 6.45. The number of hydrogen-bond donors (Lipinski definition) is 0. The lowest BCUT2D eigenvalue weighted by molar-refractivity contribution is -0.127. The van der Waals surface area contributed by atoms with Crippen LogP contribution in [-0.2, 0) is 16.1 Å². The van der Waals surface area contributed by atoms with Gasteiger partial charge < -0.3 is 14.1 Å². The number of aryl methyl sites for hydroxylation is 1. The van der Waals surface area contributed by atoms with E-state index in [1.807, 2.05) is 67.1 Å². The van der Waals surface area contributed by atoms with Crippen LogP contribution in [0.15, 0.2) is 59.2 Å². The zero-order chi connectivity index (χ0) is 19.9. The van der Waals surface area contributed by atoms with Crippen molar-refractivity contribution < 1.29 is 13.9 Å². The Morgan fingerprint density at radius 2 is 2.00 bits per heavy atom. The number of hydrogen-bond acceptors (Lipinski definition) is 4. The van der Waals surface area contributed by atoms with Gasteiger partial charge in [0.15, 0.2) is 0 Å². The summed E-state index contributed by atoms with van der Waals surface area (Å²) in [5, 5.41) is 4.62. The number of furan rings is 1. The number of nitrogens with zero attached hydrogens (tertiary/aromatic N) is 3. The molecule has 3 aromatic rings. The average Bonchev–Trinajstić information content (AvgIpc) is 3.32. The van der Waals surface area contributed by atoms with Crippen molar-refractivity contribution in [2.24, 2.45) is 0 Å². The molecule has 0 aliphatic carbocycles. The van der Waals surface area contributed by atoms with E-state index >= 15 is 0 Å². The second-order valence-electron chi connectivity index (χ2n) is 6.50. The lowest BCUT2D eigenvalue weighted by Gasteiger charge is -2.19. The van der Waals surface area contributed by atoms with Crippen molar-refractivity contribution in [3.63, 3.8) is 0 Å². The van der Waals surface area contributed by atoms with Gasteiger partial charge in [-0.25, -0.2) is 4.68 Å². The van der Waals surface area contributed by atoms with Gasteiger partial charge in [-0.05, 0) is 44.2 Å². The Hall–Kier alpha value is -3.12. The first-order chi connectivity index (χ1) is 13.6. The third-order valence-electron chi connectivity index (χ3n) is 4.54. The van der Waals surface area contributed by atoms with Crippen molar-refractivity contribution in [3.05, 3.63) is 77.5 Å². The molecule has 0 aliphatic heterocycles. The minimum atomic E-state index is -0.0975. The molecule has 28 heavy (non-hydrogen) atoms. The predicted molar refractivity (Wildman–Crippen MR) is 108 cm³/mol. The highest BCUT2D eigenvalue weighted by Gasteiger charge is 2.15. The van der Waals surface area contributed by atoms with Crippen LogP contribution in [0.2, 0.25) is 0 Å². The molecule has 6 nitrogen and oxygen atoms in total. The molecule has 1 amide bonds. The highest BCUT2D eigenvalue weighted by Crippen LogP contribution is 2.19. The molecule has 2 aromatic heterocycles. The number of carbonyl (C=O) groups excluding carboxylic acids is 1. The second kappa shape index (κ2) is 9.19. The van der Waals surface area contributed by atoms with E-state index in [4.69, 9.17) is 9.15 Å². The first kappa shape index (κ1) is 19.6. The van der Waals surface area contributed by atoms with Crippen LogP contribution in [0.4, 0.5) is 0 Å². The maximum absolute atomic E-state index is 12.8. The summed E-state index contributed by atoms with van der Waals surface area (Å²) in [4.78, 5) is 14.5. The van der Waals surface area contributed by atoms with E-state index in [9.17, 15) is 4.79 Å². The molecule has 0 spiro atoms. The van der Waals surface area contributed by atoms with E-state index in [-0.39, 0.29) is 5.91 Å². The summed E-state index contributed by atoms with van der Waals surface area (Å²) in [5.41, 5.74) is 3.80. The van der Waals surface area contributed by atoms with Gasteiger partial charge >= 0.3 is 0 Å². The minimum absolute atomic E-state index is 0.0975. The fourth-order valence-electron chi connectivity index (χ4n) is 3.04. The molecule has 0 radical (unpaired) electrons. The lowest BCUT2D eigenvalue weighted by Crippen LogP contribution is -2.32. The number of rotatable bonds is 8. The topological polar surface area (TPSA) is 60.5 Å². The molecule has 3 rings (SSSR count). The van der Waals surface area contributed by atoms with E-state index in [0.29, 0.717) is 19.7 Å². The SMILES string of the molecule is COCCN(Cc1ccco1)C(=O)/C=C/c1c(C)nn(-c2ccccc2)c1C. The molecular weight excluding hydrogens is 354 g/mol. The number of ether oxygens (including phenoxy) is 1. The summed E-state index contributed by atoms with van der Waals surface area (Å²) in [6.07, 6.45) is 5.03. The Bertz CT molecular complexity index is 928. The van der Waals surface area contributed by atoms with Gasteiger partial charge in [-0.15, -0.1) is 0 Å². The van der Waals surface area contributed by atoms with Gasteiger partial charge in [-0.2, -0.15) is 5.10 Å². The monoisotopic (exact) mass is 379 g/mol. The summed E-state index contributed by atoms with van der Waals surface area (Å²) in [7, 11) is 1.62. The van der Waals surface area contributed by atoms with Crippen LogP contribution in [0, 0.1) is 13.8 Å². The first-order valence-electron chi connectivity index (χ1n) is 9.20. The third kappa shape index (κ3) is 4.58. The van der Waals surface area contributed by atoms with Crippen molar-refractivity contribution in [2.45, 2.75) is 20.4 Å². The van der Waals surface area contributed by atoms with E-state index in [2.05, 4.69) is 5.10 Å². The molecule has 0 aliphatic rings. The number of amides is 1. The largest absolute Gasteiger partial charge is 0.467 e. The lowest BCUT2D eigenvalue weighted by atomic mass is 10.1. The molecule has 0 N–H and O–H groups in total. The van der Waals surface area contributed by atoms with Crippen molar-refractivity contribution >= 4 is 12.0 Å². The van der Waals surface area contributed by atoms with Gasteiger partial charge in [0.1, 0.15) is 5.76 Å². The molecule has 0 saturated heterocycles. The summed E-state index contributed by atoms with van der Waals surface area (Å²) in [5.74, 6) is 0.641. The number of para-hydroxylation sites is 1. The fourth-order valence-corrected chi connectivity index (χ4v) is 3.04. The quantitative estimate of drug-likeness (QED) is 0.559. The zero-order valence-electron chi connectivity index (χ0n) is 16.5. The van der Waals surface area contributed by atoms with Crippen molar-refractivity contribution in [2.75, 3.05) is 20.3 Å². The van der Waals surface area contributed by atoms with Gasteiger partial charge in [-0.1, -0.05) is 18.2 Å². The van der Waals surface area contributed by atoms with Crippen molar-refractivity contribution in [1.82, 2.24) is 14.7 Å². The van der Waals surface area contributed by atoms with Crippen LogP contribution in [0.25, 0.3) is 11.8 Å². The molecule has 0 fully saturated rings. The molecule has 0 bridgehead atoms. The summed E-state index contributed by atoms with van der Waals surface area (Å²) >= 11 is 0. The van der Waals surface area contributed by atoms with E-state index < -0.39 is 0 Å². The van der Waals surface area contributed by atoms with Crippen LogP contribution in [0.1, 0.15) is 22.7 Å². The normalized spacial score (nSPS) is 11.2. The Labute approximate surface area is 165 Å². The summed E-state index contributed by atoms with van der Waals surface area (Å²) in [6, 6.07) is 13.6. The standard InChI is InChI=1S/C22H25N3O3/c1-17-21(18(2)25(23-17)19-8-5-4-6-9-19)11-12-22(26)24(13-15-27-3)16-20-10-7-14-28-20/h4-12,14H,13,15-16H2,1-3H3/b12-11+. The predicted octanol–water partition coefficient (Wildman–Crippen LogP) is 3.77. The Balaban J connectivity index is 1.79. The van der Waals surface area contributed by atoms with E-state index in [1.165, 1.54) is 0 Å². The molecule has 6 heteroatoms. The van der Waals surface area contributed by atoms with Crippen LogP contribution in [0.5, 0.6) is 0 Å². The van der Waals surface area contributed by atoms with Gasteiger partial charge in [0, 0.05) is 31.0 Å². The zero-order valence-corrected chi connectivity index (χ0v) is 16.5. The average molecular weight is 379 g/mol. The smallest absolute Gasteiger partial charge is 0.247 e. The molecule has 0 atom stereocenters. The molecular formula is C22H25N3O3. The number of carbonyl (C=O) groups is 1. The van der Waals surface area contributed by atoms with Crippen molar-refractivity contribution in [3.8, 4) is 5.69 Å². The molecule has 0 saturated carbocycles. The maximum Gasteiger partial charge on any atom is 0.247 e. The van der Waals surface area contributed by atoms with Crippen LogP contribution in [0.3, 0.4) is 0 Å². The molecule has 146 valence electrons. The third-order valence-corrected chi connectivity index (χ3v) is 4.54. The Morgan fingerprint density at radius 3 is 2.68 bits per heavy atom. The number of methoxy groups -OCH3 is 1. The highest BCUT2D eigenvalue weighted by molar-refractivity contribution is 5.92. The first-order valence-corrected chi connectivity index (χ1v) is 9.20. The van der Waals surface area contributed by atoms with Gasteiger partial charge in [0.2, 0.25) is 5.91 Å². The van der Waals surface area contributed by atoms with Crippen LogP contribution >= 0.6 is 0 Å². The summed E-state index contributed by atoms with van der Waals surface area (Å²) < 4.78 is 12.4. The van der Waals surface area contributed by atoms with Crippen LogP contribution in [-0.4, -0.2) is 40.8 Å². The van der Waals surface area contributed by atoms with Crippen molar-refractivity contribution in [1.29, 1.82) is 0 Å². The maximum atomic E-state index is 12.8. The fraction of sp³-hybridized carbons (Fsp3) is 0.273. The van der Waals surface area contributed by atoms with Gasteiger partial charge in [-0.3, -0.25) is 4.79 Å².